The lowest BCUT2D eigenvalue weighted by molar-refractivity contribution is -0.119. The smallest absolute Gasteiger partial charge is 0.231 e. The van der Waals surface area contributed by atoms with Crippen molar-refractivity contribution in [2.24, 2.45) is 0 Å². The van der Waals surface area contributed by atoms with E-state index in [1.165, 1.54) is 23.1 Å². The van der Waals surface area contributed by atoms with Gasteiger partial charge in [-0.2, -0.15) is 0 Å². The normalized spacial score (nSPS) is 12.0. The van der Waals surface area contributed by atoms with Gasteiger partial charge in [0.25, 0.3) is 0 Å². The number of nitrogens with zero attached hydrogens (tertiary/aromatic N) is 2. The Balaban J connectivity index is 1.67. The number of amides is 1. The van der Waals surface area contributed by atoms with Crippen molar-refractivity contribution >= 4 is 45.5 Å². The van der Waals surface area contributed by atoms with Gasteiger partial charge in [-0.1, -0.05) is 59.5 Å². The van der Waals surface area contributed by atoms with Crippen LogP contribution >= 0.6 is 34.4 Å². The zero-order valence-corrected chi connectivity index (χ0v) is 14.5. The molecule has 3 rings (SSSR count). The predicted molar refractivity (Wildman–Crippen MR) is 95.8 cm³/mol. The quantitative estimate of drug-likeness (QED) is 0.658. The molecule has 118 valence electrons. The van der Waals surface area contributed by atoms with Crippen molar-refractivity contribution in [3.8, 4) is 0 Å². The zero-order chi connectivity index (χ0) is 16.1. The molecule has 0 bridgehead atoms. The van der Waals surface area contributed by atoms with E-state index in [9.17, 15) is 4.79 Å². The molecule has 3 aromatic rings. The molecule has 5 nitrogen and oxygen atoms in total. The minimum Gasteiger partial charge on any atom is -0.374 e. The van der Waals surface area contributed by atoms with Crippen molar-refractivity contribution in [1.29, 1.82) is 0 Å². The Hall–Kier alpha value is -1.90. The van der Waals surface area contributed by atoms with Crippen LogP contribution in [0.4, 0.5) is 5.13 Å². The number of anilines is 1. The monoisotopic (exact) mass is 362 g/mol. The average molecular weight is 363 g/mol. The van der Waals surface area contributed by atoms with Crippen LogP contribution in [0.15, 0.2) is 52.2 Å². The van der Waals surface area contributed by atoms with Crippen molar-refractivity contribution in [2.75, 3.05) is 11.5 Å². The van der Waals surface area contributed by atoms with Crippen LogP contribution in [0.1, 0.15) is 16.5 Å². The SMILES string of the molecule is Nc1nnc(SCC(=O)N[C@H](c2ccccc2)c2cccs2)s1. The predicted octanol–water partition coefficient (Wildman–Crippen LogP) is 3.18. The van der Waals surface area contributed by atoms with E-state index >= 15 is 0 Å². The summed E-state index contributed by atoms with van der Waals surface area (Å²) in [5.74, 6) is 0.231. The van der Waals surface area contributed by atoms with Gasteiger partial charge < -0.3 is 11.1 Å². The summed E-state index contributed by atoms with van der Waals surface area (Å²) in [6, 6.07) is 13.8. The Bertz CT molecular complexity index is 758. The maximum Gasteiger partial charge on any atom is 0.231 e. The molecule has 0 spiro atoms. The van der Waals surface area contributed by atoms with Crippen molar-refractivity contribution < 1.29 is 4.79 Å². The number of thioether (sulfide) groups is 1. The van der Waals surface area contributed by atoms with Crippen LogP contribution in [0.3, 0.4) is 0 Å². The van der Waals surface area contributed by atoms with E-state index in [0.717, 1.165) is 10.4 Å². The summed E-state index contributed by atoms with van der Waals surface area (Å²) in [6.07, 6.45) is 0. The molecule has 0 unspecified atom stereocenters. The Labute approximate surface area is 146 Å². The Kier molecular flexibility index (Phi) is 5.27. The van der Waals surface area contributed by atoms with Crippen LogP contribution in [0.25, 0.3) is 0 Å². The van der Waals surface area contributed by atoms with E-state index in [2.05, 4.69) is 15.5 Å². The maximum atomic E-state index is 12.3. The summed E-state index contributed by atoms with van der Waals surface area (Å²) in [5.41, 5.74) is 6.60. The van der Waals surface area contributed by atoms with Crippen molar-refractivity contribution in [1.82, 2.24) is 15.5 Å². The minimum atomic E-state index is -0.135. The number of thiophene rings is 1. The number of nitrogens with two attached hydrogens (primary N) is 1. The van der Waals surface area contributed by atoms with E-state index in [1.807, 2.05) is 47.8 Å². The lowest BCUT2D eigenvalue weighted by Gasteiger charge is -2.17. The topological polar surface area (TPSA) is 80.9 Å². The molecular weight excluding hydrogens is 348 g/mol. The molecule has 2 heterocycles. The van der Waals surface area contributed by atoms with Gasteiger partial charge in [-0.25, -0.2) is 0 Å². The van der Waals surface area contributed by atoms with Gasteiger partial charge in [0.2, 0.25) is 11.0 Å². The molecule has 1 amide bonds. The molecule has 3 N–H and O–H groups in total. The molecule has 0 saturated heterocycles. The first-order valence-corrected chi connectivity index (χ1v) is 9.50. The maximum absolute atomic E-state index is 12.3. The summed E-state index contributed by atoms with van der Waals surface area (Å²) in [7, 11) is 0. The highest BCUT2D eigenvalue weighted by Crippen LogP contribution is 2.27. The Morgan fingerprint density at radius 2 is 2.04 bits per heavy atom. The van der Waals surface area contributed by atoms with Gasteiger partial charge in [-0.3, -0.25) is 4.79 Å². The van der Waals surface area contributed by atoms with Crippen LogP contribution in [-0.2, 0) is 4.79 Å². The van der Waals surface area contributed by atoms with Gasteiger partial charge >= 0.3 is 0 Å². The Morgan fingerprint density at radius 3 is 2.70 bits per heavy atom. The van der Waals surface area contributed by atoms with Crippen LogP contribution in [0.2, 0.25) is 0 Å². The fourth-order valence-corrected chi connectivity index (χ4v) is 4.28. The van der Waals surface area contributed by atoms with Crippen LogP contribution in [-0.4, -0.2) is 21.9 Å². The zero-order valence-electron chi connectivity index (χ0n) is 12.0. The average Bonchev–Trinajstić information content (AvgIpc) is 3.23. The molecular formula is C15H14N4OS3. The first-order valence-electron chi connectivity index (χ1n) is 6.82. The third-order valence-electron chi connectivity index (χ3n) is 3.01. The summed E-state index contributed by atoms with van der Waals surface area (Å²) in [4.78, 5) is 13.4. The summed E-state index contributed by atoms with van der Waals surface area (Å²) < 4.78 is 0.699. The highest BCUT2D eigenvalue weighted by molar-refractivity contribution is 8.01. The number of nitrogen functional groups attached to an aromatic ring is 1. The largest absolute Gasteiger partial charge is 0.374 e. The molecule has 0 aliphatic heterocycles. The van der Waals surface area contributed by atoms with E-state index in [1.54, 1.807) is 11.3 Å². The molecule has 1 aromatic carbocycles. The van der Waals surface area contributed by atoms with Crippen LogP contribution in [0.5, 0.6) is 0 Å². The molecule has 1 atom stereocenters. The highest BCUT2D eigenvalue weighted by atomic mass is 32.2. The number of hydrogen-bond acceptors (Lipinski definition) is 7. The molecule has 2 aromatic heterocycles. The fraction of sp³-hybridized carbons (Fsp3) is 0.133. The van der Waals surface area contributed by atoms with Gasteiger partial charge in [0, 0.05) is 4.88 Å². The van der Waals surface area contributed by atoms with Crippen LogP contribution < -0.4 is 11.1 Å². The van der Waals surface area contributed by atoms with Gasteiger partial charge in [-0.15, -0.1) is 21.5 Å². The third kappa shape index (κ3) is 4.31. The van der Waals surface area contributed by atoms with Gasteiger partial charge in [0.1, 0.15) is 0 Å². The van der Waals surface area contributed by atoms with Gasteiger partial charge in [-0.05, 0) is 17.0 Å². The molecule has 23 heavy (non-hydrogen) atoms. The van der Waals surface area contributed by atoms with E-state index in [4.69, 9.17) is 5.73 Å². The van der Waals surface area contributed by atoms with E-state index in [-0.39, 0.29) is 17.7 Å². The molecule has 0 fully saturated rings. The summed E-state index contributed by atoms with van der Waals surface area (Å²) >= 11 is 4.25. The number of aromatic nitrogens is 2. The fourth-order valence-electron chi connectivity index (χ4n) is 2.03. The summed E-state index contributed by atoms with van der Waals surface area (Å²) in [5, 5.41) is 13.2. The lowest BCUT2D eigenvalue weighted by atomic mass is 10.1. The summed E-state index contributed by atoms with van der Waals surface area (Å²) in [6.45, 7) is 0. The van der Waals surface area contributed by atoms with E-state index < -0.39 is 0 Å². The third-order valence-corrected chi connectivity index (χ3v) is 5.84. The number of carbonyl (C=O) groups is 1. The standard InChI is InChI=1S/C15H14N4OS3/c16-14-18-19-15(23-14)22-9-12(20)17-13(11-7-4-8-21-11)10-5-2-1-3-6-10/h1-8,13H,9H2,(H2,16,18)(H,17,20)/t13-/m1/s1. The van der Waals surface area contributed by atoms with Crippen LogP contribution in [0, 0.1) is 0 Å². The first kappa shape index (κ1) is 16.0. The number of rotatable bonds is 6. The number of benzene rings is 1. The molecule has 0 saturated carbocycles. The lowest BCUT2D eigenvalue weighted by Crippen LogP contribution is -2.30. The van der Waals surface area contributed by atoms with Gasteiger partial charge in [0.15, 0.2) is 4.34 Å². The Morgan fingerprint density at radius 1 is 1.22 bits per heavy atom. The van der Waals surface area contributed by atoms with Gasteiger partial charge in [0.05, 0.1) is 11.8 Å². The van der Waals surface area contributed by atoms with E-state index in [0.29, 0.717) is 9.47 Å². The highest BCUT2D eigenvalue weighted by Gasteiger charge is 2.18. The first-order chi connectivity index (χ1) is 11.2. The molecule has 8 heteroatoms. The number of hydrogen-bond donors (Lipinski definition) is 2. The second-order valence-corrected chi connectivity index (χ2v) is 7.83. The molecule has 0 radical (unpaired) electrons. The van der Waals surface area contributed by atoms with Crippen molar-refractivity contribution in [2.45, 2.75) is 10.4 Å². The van der Waals surface area contributed by atoms with Crippen molar-refractivity contribution in [3.05, 3.63) is 58.3 Å². The second kappa shape index (κ2) is 7.58. The number of carbonyl (C=O) groups excluding carboxylic acids is 1. The second-order valence-electron chi connectivity index (χ2n) is 4.62. The molecule has 0 aliphatic rings. The number of nitrogens with one attached hydrogen (secondary N) is 1. The van der Waals surface area contributed by atoms with Crippen molar-refractivity contribution in [3.63, 3.8) is 0 Å². The molecule has 0 aliphatic carbocycles. The minimum absolute atomic E-state index is 0.0500.